The number of rotatable bonds is 3. The van der Waals surface area contributed by atoms with Crippen LogP contribution in [0.3, 0.4) is 0 Å². The third-order valence-corrected chi connectivity index (χ3v) is 2.70. The highest BCUT2D eigenvalue weighted by molar-refractivity contribution is 5.85. The van der Waals surface area contributed by atoms with E-state index < -0.39 is 5.82 Å². The lowest BCUT2D eigenvalue weighted by Gasteiger charge is -2.11. The van der Waals surface area contributed by atoms with Crippen molar-refractivity contribution >= 4 is 10.9 Å². The average Bonchev–Trinajstić information content (AvgIpc) is 2.32. The Morgan fingerprint density at radius 1 is 1.35 bits per heavy atom. The number of ether oxygens (including phenoxy) is 1. The number of hydrogen-bond acceptors (Lipinski definition) is 2. The van der Waals surface area contributed by atoms with E-state index in [0.717, 1.165) is 11.8 Å². The predicted molar refractivity (Wildman–Crippen MR) is 65.0 cm³/mol. The molecule has 17 heavy (non-hydrogen) atoms. The van der Waals surface area contributed by atoms with Gasteiger partial charge in [-0.15, -0.1) is 0 Å². The van der Waals surface area contributed by atoms with E-state index in [2.05, 4.69) is 0 Å². The summed E-state index contributed by atoms with van der Waals surface area (Å²) in [6.45, 7) is 2.55. The van der Waals surface area contributed by atoms with Crippen LogP contribution in [0.25, 0.3) is 10.9 Å². The second-order valence-corrected chi connectivity index (χ2v) is 3.86. The Morgan fingerprint density at radius 2 is 2.12 bits per heavy atom. The molecule has 0 atom stereocenters. The number of fused-ring (bicyclic) bond motifs is 1. The van der Waals surface area contributed by atoms with Crippen LogP contribution in [-0.2, 0) is 6.54 Å². The van der Waals surface area contributed by atoms with E-state index >= 15 is 0 Å². The van der Waals surface area contributed by atoms with Gasteiger partial charge in [-0.05, 0) is 18.6 Å². The van der Waals surface area contributed by atoms with Crippen molar-refractivity contribution in [3.63, 3.8) is 0 Å². The summed E-state index contributed by atoms with van der Waals surface area (Å²) in [5.74, 6) is 0.0506. The maximum Gasteiger partial charge on any atom is 0.251 e. The molecule has 2 rings (SSSR count). The smallest absolute Gasteiger partial charge is 0.251 e. The molecule has 0 unspecified atom stereocenters. The molecule has 90 valence electrons. The highest BCUT2D eigenvalue weighted by atomic mass is 19.1. The maximum atomic E-state index is 13.4. The maximum absolute atomic E-state index is 13.4. The van der Waals surface area contributed by atoms with Gasteiger partial charge in [0.2, 0.25) is 0 Å². The first-order valence-electron chi connectivity index (χ1n) is 5.54. The number of nitrogens with zero attached hydrogens (tertiary/aromatic N) is 1. The van der Waals surface area contributed by atoms with Crippen LogP contribution in [0.2, 0.25) is 0 Å². The minimum absolute atomic E-state index is 0.119. The molecule has 0 radical (unpaired) electrons. The minimum Gasteiger partial charge on any atom is -0.496 e. The van der Waals surface area contributed by atoms with Crippen molar-refractivity contribution in [3.8, 4) is 5.75 Å². The molecule has 0 N–H and O–H groups in total. The minimum atomic E-state index is -0.398. The average molecular weight is 235 g/mol. The lowest BCUT2D eigenvalue weighted by atomic mass is 10.2. The molecule has 1 heterocycles. The third-order valence-electron chi connectivity index (χ3n) is 2.70. The number of benzene rings is 1. The molecule has 0 spiro atoms. The van der Waals surface area contributed by atoms with Crippen molar-refractivity contribution in [2.24, 2.45) is 0 Å². The third kappa shape index (κ3) is 2.02. The molecule has 0 amide bonds. The van der Waals surface area contributed by atoms with Crippen molar-refractivity contribution in [3.05, 3.63) is 40.4 Å². The summed E-state index contributed by atoms with van der Waals surface area (Å²) in [4.78, 5) is 11.7. The van der Waals surface area contributed by atoms with Gasteiger partial charge in [-0.3, -0.25) is 4.79 Å². The number of aromatic nitrogens is 1. The molecule has 0 saturated carbocycles. The zero-order chi connectivity index (χ0) is 12.4. The molecule has 3 nitrogen and oxygen atoms in total. The van der Waals surface area contributed by atoms with Crippen molar-refractivity contribution in [2.45, 2.75) is 19.9 Å². The van der Waals surface area contributed by atoms with Crippen molar-refractivity contribution in [1.29, 1.82) is 0 Å². The van der Waals surface area contributed by atoms with Crippen LogP contribution in [-0.4, -0.2) is 11.7 Å². The normalized spacial score (nSPS) is 10.8. The van der Waals surface area contributed by atoms with Crippen LogP contribution in [0.5, 0.6) is 5.75 Å². The van der Waals surface area contributed by atoms with Crippen molar-refractivity contribution in [2.75, 3.05) is 7.11 Å². The monoisotopic (exact) mass is 235 g/mol. The topological polar surface area (TPSA) is 31.2 Å². The van der Waals surface area contributed by atoms with Crippen molar-refractivity contribution < 1.29 is 9.13 Å². The summed E-state index contributed by atoms with van der Waals surface area (Å²) in [7, 11) is 1.49. The van der Waals surface area contributed by atoms with Gasteiger partial charge in [-0.1, -0.05) is 6.92 Å². The SMILES string of the molecule is CCCn1c(=O)ccc2c(OC)cc(F)cc21. The van der Waals surface area contributed by atoms with E-state index in [0.29, 0.717) is 17.8 Å². The van der Waals surface area contributed by atoms with Crippen LogP contribution in [0.4, 0.5) is 4.39 Å². The lowest BCUT2D eigenvalue weighted by Crippen LogP contribution is -2.19. The number of halogens is 1. The molecule has 1 aromatic carbocycles. The van der Waals surface area contributed by atoms with Gasteiger partial charge in [0.15, 0.2) is 0 Å². The van der Waals surface area contributed by atoms with Gasteiger partial charge in [-0.2, -0.15) is 0 Å². The molecule has 0 aliphatic rings. The molecular formula is C13H14FNO2. The Kier molecular flexibility index (Phi) is 3.13. The van der Waals surface area contributed by atoms with E-state index in [1.54, 1.807) is 10.6 Å². The van der Waals surface area contributed by atoms with Gasteiger partial charge in [0.25, 0.3) is 5.56 Å². The zero-order valence-corrected chi connectivity index (χ0v) is 9.87. The number of aryl methyl sites for hydroxylation is 1. The van der Waals surface area contributed by atoms with Crippen molar-refractivity contribution in [1.82, 2.24) is 4.57 Å². The van der Waals surface area contributed by atoms with Gasteiger partial charge in [0, 0.05) is 24.1 Å². The molecule has 4 heteroatoms. The second-order valence-electron chi connectivity index (χ2n) is 3.86. The van der Waals surface area contributed by atoms with Gasteiger partial charge >= 0.3 is 0 Å². The molecular weight excluding hydrogens is 221 g/mol. The van der Waals surface area contributed by atoms with Crippen LogP contribution in [0, 0.1) is 5.82 Å². The summed E-state index contributed by atoms with van der Waals surface area (Å²) in [5.41, 5.74) is 0.461. The summed E-state index contributed by atoms with van der Waals surface area (Å²) in [6.07, 6.45) is 0.817. The fourth-order valence-electron chi connectivity index (χ4n) is 1.96. The number of hydrogen-bond donors (Lipinski definition) is 0. The van der Waals surface area contributed by atoms with E-state index in [4.69, 9.17) is 4.74 Å². The largest absolute Gasteiger partial charge is 0.496 e. The highest BCUT2D eigenvalue weighted by Crippen LogP contribution is 2.25. The molecule has 0 bridgehead atoms. The quantitative estimate of drug-likeness (QED) is 0.818. The van der Waals surface area contributed by atoms with E-state index in [9.17, 15) is 9.18 Å². The predicted octanol–water partition coefficient (Wildman–Crippen LogP) is 2.56. The second kappa shape index (κ2) is 4.57. The van der Waals surface area contributed by atoms with Crippen LogP contribution >= 0.6 is 0 Å². The van der Waals surface area contributed by atoms with Crippen LogP contribution in [0.1, 0.15) is 13.3 Å². The number of methoxy groups -OCH3 is 1. The Morgan fingerprint density at radius 3 is 2.76 bits per heavy atom. The Hall–Kier alpha value is -1.84. The standard InChI is InChI=1S/C13H14FNO2/c1-3-6-15-11-7-9(14)8-12(17-2)10(11)4-5-13(15)16/h4-5,7-8H,3,6H2,1-2H3. The van der Waals surface area contributed by atoms with Gasteiger partial charge in [-0.25, -0.2) is 4.39 Å². The van der Waals surface area contributed by atoms with E-state index in [1.165, 1.54) is 25.3 Å². The van der Waals surface area contributed by atoms with Gasteiger partial charge in [0.05, 0.1) is 12.6 Å². The molecule has 0 aliphatic carbocycles. The summed E-state index contributed by atoms with van der Waals surface area (Å²) >= 11 is 0. The fourth-order valence-corrected chi connectivity index (χ4v) is 1.96. The zero-order valence-electron chi connectivity index (χ0n) is 9.87. The first-order chi connectivity index (χ1) is 8.17. The Bertz CT molecular complexity index is 604. The fraction of sp³-hybridized carbons (Fsp3) is 0.308. The molecule has 1 aromatic heterocycles. The molecule has 0 saturated heterocycles. The lowest BCUT2D eigenvalue weighted by molar-refractivity contribution is 0.416. The van der Waals surface area contributed by atoms with E-state index in [-0.39, 0.29) is 5.56 Å². The molecule has 0 aliphatic heterocycles. The van der Waals surface area contributed by atoms with Crippen LogP contribution < -0.4 is 10.3 Å². The van der Waals surface area contributed by atoms with Gasteiger partial charge < -0.3 is 9.30 Å². The highest BCUT2D eigenvalue weighted by Gasteiger charge is 2.09. The summed E-state index contributed by atoms with van der Waals surface area (Å²) in [6, 6.07) is 5.85. The van der Waals surface area contributed by atoms with Crippen LogP contribution in [0.15, 0.2) is 29.1 Å². The molecule has 2 aromatic rings. The Balaban J connectivity index is 2.84. The Labute approximate surface area is 98.4 Å². The molecule has 0 fully saturated rings. The number of pyridine rings is 1. The van der Waals surface area contributed by atoms with Gasteiger partial charge in [0.1, 0.15) is 11.6 Å². The first-order valence-corrected chi connectivity index (χ1v) is 5.54. The first kappa shape index (κ1) is 11.6. The summed E-state index contributed by atoms with van der Waals surface area (Å²) in [5, 5.41) is 0.752. The summed E-state index contributed by atoms with van der Waals surface area (Å²) < 4.78 is 20.1. The van der Waals surface area contributed by atoms with E-state index in [1.807, 2.05) is 6.92 Å².